The number of aliphatic hydroxyl groups is 1. The fraction of sp³-hybridized carbons (Fsp3) is 0.320. The zero-order valence-electron chi connectivity index (χ0n) is 19.4. The minimum atomic E-state index is -0.336. The van der Waals surface area contributed by atoms with E-state index in [0.29, 0.717) is 28.7 Å². The number of amidine groups is 1. The summed E-state index contributed by atoms with van der Waals surface area (Å²) in [7, 11) is 0. The van der Waals surface area contributed by atoms with Gasteiger partial charge in [0.2, 0.25) is 5.88 Å². The van der Waals surface area contributed by atoms with Crippen molar-refractivity contribution in [1.29, 1.82) is 5.41 Å². The van der Waals surface area contributed by atoms with Crippen LogP contribution >= 0.6 is 11.5 Å². The van der Waals surface area contributed by atoms with Gasteiger partial charge in [-0.3, -0.25) is 10.2 Å². The van der Waals surface area contributed by atoms with E-state index in [2.05, 4.69) is 47.1 Å². The maximum absolute atomic E-state index is 13.2. The highest BCUT2D eigenvalue weighted by molar-refractivity contribution is 7.11. The molecule has 0 bridgehead atoms. The monoisotopic (exact) mass is 479 g/mol. The van der Waals surface area contributed by atoms with Crippen LogP contribution in [0.2, 0.25) is 0 Å². The van der Waals surface area contributed by atoms with Gasteiger partial charge in [-0.2, -0.15) is 4.37 Å². The lowest BCUT2D eigenvalue weighted by molar-refractivity contribution is 0.0989. The lowest BCUT2D eigenvalue weighted by Crippen LogP contribution is -2.35. The molecule has 34 heavy (non-hydrogen) atoms. The summed E-state index contributed by atoms with van der Waals surface area (Å²) < 4.78 is 3.94. The molecule has 3 aromatic rings. The van der Waals surface area contributed by atoms with Crippen molar-refractivity contribution >= 4 is 39.7 Å². The van der Waals surface area contributed by atoms with Crippen LogP contribution in [0.5, 0.6) is 5.88 Å². The van der Waals surface area contributed by atoms with Crippen LogP contribution in [-0.4, -0.2) is 45.5 Å². The highest BCUT2D eigenvalue weighted by atomic mass is 32.1. The molecule has 2 heterocycles. The fourth-order valence-corrected chi connectivity index (χ4v) is 4.62. The van der Waals surface area contributed by atoms with Crippen LogP contribution in [0, 0.1) is 5.41 Å². The molecule has 2 aromatic carbocycles. The van der Waals surface area contributed by atoms with Crippen molar-refractivity contribution in [2.75, 3.05) is 23.4 Å². The number of nitrogens with one attached hydrogen (secondary N) is 3. The summed E-state index contributed by atoms with van der Waals surface area (Å²) in [5, 5.41) is 34.0. The number of benzene rings is 2. The van der Waals surface area contributed by atoms with Gasteiger partial charge in [0.1, 0.15) is 16.4 Å². The summed E-state index contributed by atoms with van der Waals surface area (Å²) in [6.45, 7) is 6.55. The van der Waals surface area contributed by atoms with Crippen molar-refractivity contribution in [2.45, 2.75) is 39.2 Å². The predicted molar refractivity (Wildman–Crippen MR) is 136 cm³/mol. The average molecular weight is 480 g/mol. The first-order valence-corrected chi connectivity index (χ1v) is 12.0. The van der Waals surface area contributed by atoms with Gasteiger partial charge in [0.05, 0.1) is 6.61 Å². The Morgan fingerprint density at radius 1 is 1.21 bits per heavy atom. The van der Waals surface area contributed by atoms with E-state index in [0.717, 1.165) is 23.6 Å². The Balaban J connectivity index is 1.50. The van der Waals surface area contributed by atoms with Crippen LogP contribution in [0.25, 0.3) is 0 Å². The Morgan fingerprint density at radius 2 is 1.94 bits per heavy atom. The third-order valence-electron chi connectivity index (χ3n) is 5.90. The van der Waals surface area contributed by atoms with Gasteiger partial charge in [0.25, 0.3) is 5.91 Å². The maximum atomic E-state index is 13.2. The Kier molecular flexibility index (Phi) is 6.85. The Bertz CT molecular complexity index is 1210. The maximum Gasteiger partial charge on any atom is 0.258 e. The van der Waals surface area contributed by atoms with E-state index in [1.165, 1.54) is 11.1 Å². The number of aromatic hydroxyl groups is 1. The molecule has 1 aliphatic rings. The van der Waals surface area contributed by atoms with Crippen LogP contribution in [0.1, 0.15) is 53.7 Å². The minimum absolute atomic E-state index is 0.0319. The number of aliphatic hydroxyl groups excluding tert-OH is 1. The number of carbonyl (C=O) groups excluding carboxylic acids is 1. The Hall–Kier alpha value is -3.43. The SMILES string of the molecule is CC(CO)NC(=N)c1c(O)nsc1Nc1ccc(C(=O)N2CCc3ccc(C(C)C)cc32)cc1. The molecule has 1 aliphatic heterocycles. The zero-order valence-corrected chi connectivity index (χ0v) is 20.2. The van der Waals surface area contributed by atoms with Crippen molar-refractivity contribution in [3.63, 3.8) is 0 Å². The van der Waals surface area contributed by atoms with Crippen LogP contribution in [0.4, 0.5) is 16.4 Å². The van der Waals surface area contributed by atoms with E-state index in [4.69, 9.17) is 5.41 Å². The molecule has 178 valence electrons. The number of hydrogen-bond donors (Lipinski definition) is 5. The van der Waals surface area contributed by atoms with Gasteiger partial charge in [-0.15, -0.1) is 0 Å². The minimum Gasteiger partial charge on any atom is -0.492 e. The van der Waals surface area contributed by atoms with Crippen molar-refractivity contribution in [3.05, 3.63) is 64.7 Å². The number of hydrogen-bond acceptors (Lipinski definition) is 7. The largest absolute Gasteiger partial charge is 0.492 e. The third-order valence-corrected chi connectivity index (χ3v) is 6.65. The molecule has 0 saturated heterocycles. The zero-order chi connectivity index (χ0) is 24.4. The molecule has 0 aliphatic carbocycles. The molecule has 8 nitrogen and oxygen atoms in total. The molecule has 0 saturated carbocycles. The normalized spacial score (nSPS) is 13.6. The standard InChI is InChI=1S/C25H29N5O3S/c1-14(2)18-5-4-16-10-11-30(20(16)12-18)25(33)17-6-8-19(9-7-17)28-24-21(23(32)29-34-24)22(26)27-15(3)13-31/h4-9,12,14-15,28,31H,10-11,13H2,1-3H3,(H2,26,27)(H,29,32). The molecule has 4 rings (SSSR count). The molecule has 0 spiro atoms. The molecular formula is C25H29N5O3S. The summed E-state index contributed by atoms with van der Waals surface area (Å²) in [5.41, 5.74) is 4.93. The van der Waals surface area contributed by atoms with E-state index >= 15 is 0 Å². The second-order valence-corrected chi connectivity index (χ2v) is 9.54. The van der Waals surface area contributed by atoms with Crippen LogP contribution < -0.4 is 15.5 Å². The number of amides is 1. The molecule has 0 fully saturated rings. The number of rotatable bonds is 7. The van der Waals surface area contributed by atoms with E-state index in [1.54, 1.807) is 31.2 Å². The van der Waals surface area contributed by atoms with Gasteiger partial charge < -0.3 is 25.7 Å². The average Bonchev–Trinajstić information content (AvgIpc) is 3.41. The van der Waals surface area contributed by atoms with Gasteiger partial charge in [-0.25, -0.2) is 0 Å². The lowest BCUT2D eigenvalue weighted by Gasteiger charge is -2.19. The molecular weight excluding hydrogens is 450 g/mol. The summed E-state index contributed by atoms with van der Waals surface area (Å²) >= 11 is 1.03. The molecule has 1 amide bonds. The number of anilines is 3. The smallest absolute Gasteiger partial charge is 0.258 e. The fourth-order valence-electron chi connectivity index (χ4n) is 3.91. The van der Waals surface area contributed by atoms with Gasteiger partial charge >= 0.3 is 0 Å². The number of nitrogens with zero attached hydrogens (tertiary/aromatic N) is 2. The second-order valence-electron chi connectivity index (χ2n) is 8.77. The first-order valence-electron chi connectivity index (χ1n) is 11.2. The summed E-state index contributed by atoms with van der Waals surface area (Å²) in [5.74, 6) is 0.0741. The van der Waals surface area contributed by atoms with Crippen molar-refractivity contribution in [1.82, 2.24) is 9.69 Å². The van der Waals surface area contributed by atoms with Crippen LogP contribution in [0.15, 0.2) is 42.5 Å². The number of carbonyl (C=O) groups is 1. The summed E-state index contributed by atoms with van der Waals surface area (Å²) in [4.78, 5) is 15.1. The summed E-state index contributed by atoms with van der Waals surface area (Å²) in [6.07, 6.45) is 0.853. The van der Waals surface area contributed by atoms with E-state index in [1.807, 2.05) is 4.90 Å². The van der Waals surface area contributed by atoms with Crippen molar-refractivity contribution in [3.8, 4) is 5.88 Å². The van der Waals surface area contributed by atoms with Gasteiger partial charge in [0.15, 0.2) is 0 Å². The molecule has 1 atom stereocenters. The van der Waals surface area contributed by atoms with Crippen molar-refractivity contribution < 1.29 is 15.0 Å². The number of fused-ring (bicyclic) bond motifs is 1. The van der Waals surface area contributed by atoms with Gasteiger partial charge in [-0.05, 0) is 72.3 Å². The lowest BCUT2D eigenvalue weighted by atomic mass is 10.0. The first kappa shape index (κ1) is 23.7. The van der Waals surface area contributed by atoms with E-state index in [-0.39, 0.29) is 35.8 Å². The van der Waals surface area contributed by atoms with E-state index in [9.17, 15) is 15.0 Å². The molecule has 1 aromatic heterocycles. The highest BCUT2D eigenvalue weighted by Crippen LogP contribution is 2.34. The van der Waals surface area contributed by atoms with Gasteiger partial charge in [-0.1, -0.05) is 26.0 Å². The molecule has 5 N–H and O–H groups in total. The Morgan fingerprint density at radius 3 is 2.62 bits per heavy atom. The molecule has 1 unspecified atom stereocenters. The Labute approximate surface area is 202 Å². The first-order chi connectivity index (χ1) is 16.3. The highest BCUT2D eigenvalue weighted by Gasteiger charge is 2.26. The van der Waals surface area contributed by atoms with Crippen LogP contribution in [-0.2, 0) is 6.42 Å². The molecule has 0 radical (unpaired) electrons. The van der Waals surface area contributed by atoms with Crippen LogP contribution in [0.3, 0.4) is 0 Å². The second kappa shape index (κ2) is 9.82. The quantitative estimate of drug-likeness (QED) is 0.256. The van der Waals surface area contributed by atoms with Gasteiger partial charge in [0, 0.05) is 29.5 Å². The van der Waals surface area contributed by atoms with E-state index < -0.39 is 0 Å². The third kappa shape index (κ3) is 4.76. The summed E-state index contributed by atoms with van der Waals surface area (Å²) in [6, 6.07) is 13.2. The molecule has 9 heteroatoms. The topological polar surface area (TPSA) is 122 Å². The van der Waals surface area contributed by atoms with Crippen molar-refractivity contribution in [2.24, 2.45) is 0 Å². The number of aromatic nitrogens is 1. The predicted octanol–water partition coefficient (Wildman–Crippen LogP) is 4.21.